The van der Waals surface area contributed by atoms with Crippen molar-refractivity contribution in [3.8, 4) is 11.5 Å². The zero-order valence-electron chi connectivity index (χ0n) is 26.8. The number of aryl methyl sites for hydroxylation is 2. The maximum Gasteiger partial charge on any atom is 0.180 e. The van der Waals surface area contributed by atoms with Gasteiger partial charge in [0.05, 0.1) is 18.7 Å². The summed E-state index contributed by atoms with van der Waals surface area (Å²) in [5.41, 5.74) is 7.22. The van der Waals surface area contributed by atoms with Crippen molar-refractivity contribution in [3.05, 3.63) is 80.1 Å². The van der Waals surface area contributed by atoms with Gasteiger partial charge in [0.15, 0.2) is 23.1 Å². The Morgan fingerprint density at radius 3 is 2.00 bits per heavy atom. The number of Topliss-reactive ketones (excluding diaryl/α,β-unsaturated/α-hetero) is 2. The summed E-state index contributed by atoms with van der Waals surface area (Å²) in [5, 5.41) is 0.386. The van der Waals surface area contributed by atoms with Crippen molar-refractivity contribution < 1.29 is 23.8 Å². The molecule has 1 aliphatic heterocycles. The quantitative estimate of drug-likeness (QED) is 0.305. The number of benzene rings is 2. The van der Waals surface area contributed by atoms with Crippen LogP contribution in [-0.4, -0.2) is 43.8 Å². The van der Waals surface area contributed by atoms with E-state index in [1.54, 1.807) is 14.2 Å². The van der Waals surface area contributed by atoms with Crippen LogP contribution < -0.4 is 9.47 Å². The summed E-state index contributed by atoms with van der Waals surface area (Å²) in [7, 11) is 3.27. The van der Waals surface area contributed by atoms with Crippen molar-refractivity contribution in [1.29, 1.82) is 0 Å². The van der Waals surface area contributed by atoms with E-state index >= 15 is 0 Å². The fraction of sp³-hybridized carbons (Fsp3) is 0.500. The van der Waals surface area contributed by atoms with E-state index < -0.39 is 5.92 Å². The Kier molecular flexibility index (Phi) is 8.58. The van der Waals surface area contributed by atoms with E-state index in [9.17, 15) is 9.59 Å². The highest BCUT2D eigenvalue weighted by Crippen LogP contribution is 2.55. The molecule has 3 aliphatic rings. The molecule has 0 unspecified atom stereocenters. The van der Waals surface area contributed by atoms with Gasteiger partial charge in [-0.05, 0) is 71.9 Å². The summed E-state index contributed by atoms with van der Waals surface area (Å²) < 4.78 is 17.5. The fourth-order valence-electron chi connectivity index (χ4n) is 6.93. The van der Waals surface area contributed by atoms with Crippen LogP contribution in [0.3, 0.4) is 0 Å². The van der Waals surface area contributed by atoms with Crippen LogP contribution in [0.15, 0.2) is 52.9 Å². The normalized spacial score (nSPS) is 19.9. The summed E-state index contributed by atoms with van der Waals surface area (Å²) in [5.74, 6) is 0.557. The van der Waals surface area contributed by atoms with E-state index in [0.717, 1.165) is 35.4 Å². The van der Waals surface area contributed by atoms with Gasteiger partial charge in [0.1, 0.15) is 6.61 Å². The van der Waals surface area contributed by atoms with Gasteiger partial charge in [-0.25, -0.2) is 0 Å². The Morgan fingerprint density at radius 2 is 1.47 bits per heavy atom. The number of methoxy groups -OCH3 is 2. The molecule has 0 amide bonds. The third-order valence-electron chi connectivity index (χ3n) is 9.08. The van der Waals surface area contributed by atoms with Gasteiger partial charge in [-0.2, -0.15) is 0 Å². The highest BCUT2D eigenvalue weighted by molar-refractivity contribution is 6.32. The fourth-order valence-corrected chi connectivity index (χ4v) is 7.20. The molecular formula is C36H44ClNO5. The molecule has 7 heteroatoms. The summed E-state index contributed by atoms with van der Waals surface area (Å²) in [6.45, 7) is 14.1. The van der Waals surface area contributed by atoms with Crippen molar-refractivity contribution >= 4 is 23.2 Å². The number of halogens is 1. The first-order valence-electron chi connectivity index (χ1n) is 15.1. The molecule has 6 nitrogen and oxygen atoms in total. The lowest BCUT2D eigenvalue weighted by molar-refractivity contribution is -0.119. The van der Waals surface area contributed by atoms with Gasteiger partial charge in [-0.15, -0.1) is 0 Å². The largest absolute Gasteiger partial charge is 0.493 e. The number of carbonyl (C=O) groups is 2. The maximum absolute atomic E-state index is 14.0. The summed E-state index contributed by atoms with van der Waals surface area (Å²) in [6, 6.07) is 9.98. The van der Waals surface area contributed by atoms with Crippen LogP contribution in [0.4, 0.5) is 0 Å². The summed E-state index contributed by atoms with van der Waals surface area (Å²) >= 11 is 6.93. The van der Waals surface area contributed by atoms with Gasteiger partial charge in [0.25, 0.3) is 0 Å². The Labute approximate surface area is 261 Å². The number of rotatable bonds is 8. The molecule has 0 N–H and O–H groups in total. The molecule has 5 rings (SSSR count). The molecule has 2 aromatic rings. The minimum atomic E-state index is -0.517. The molecule has 0 atom stereocenters. The summed E-state index contributed by atoms with van der Waals surface area (Å²) in [4.78, 5) is 30.3. The number of allylic oxidation sites excluding steroid dienone is 4. The van der Waals surface area contributed by atoms with Gasteiger partial charge in [-0.1, -0.05) is 57.5 Å². The third-order valence-corrected chi connectivity index (χ3v) is 9.36. The number of nitrogens with zero attached hydrogens (tertiary/aromatic N) is 1. The highest BCUT2D eigenvalue weighted by Gasteiger charge is 2.49. The van der Waals surface area contributed by atoms with Crippen molar-refractivity contribution in [2.24, 2.45) is 10.8 Å². The van der Waals surface area contributed by atoms with E-state index in [-0.39, 0.29) is 22.4 Å². The van der Waals surface area contributed by atoms with Crippen LogP contribution in [0, 0.1) is 24.7 Å². The number of hydrogen-bond donors (Lipinski definition) is 0. The Balaban J connectivity index is 1.64. The smallest absolute Gasteiger partial charge is 0.180 e. The maximum atomic E-state index is 14.0. The first kappa shape index (κ1) is 31.3. The van der Waals surface area contributed by atoms with E-state index in [1.807, 2.05) is 18.2 Å². The second-order valence-corrected chi connectivity index (χ2v) is 14.3. The molecule has 1 heterocycles. The second kappa shape index (κ2) is 11.8. The van der Waals surface area contributed by atoms with Crippen LogP contribution in [0.25, 0.3) is 0 Å². The van der Waals surface area contributed by atoms with E-state index in [2.05, 4.69) is 58.6 Å². The van der Waals surface area contributed by atoms with Crippen LogP contribution in [0.2, 0.25) is 5.02 Å². The molecule has 0 aromatic heterocycles. The molecule has 0 radical (unpaired) electrons. The van der Waals surface area contributed by atoms with Gasteiger partial charge >= 0.3 is 0 Å². The predicted octanol–water partition coefficient (Wildman–Crippen LogP) is 7.88. The SMILES string of the molecule is COCCN1C2=C(C(=O)CC(C)(C)C2)C(c2cc(Cl)c(OCc3ccc(C)c(C)c3)c(OC)c2)C2=C1CC(C)(C)CC2=O. The third kappa shape index (κ3) is 6.14. The molecule has 230 valence electrons. The average molecular weight is 606 g/mol. The van der Waals surface area contributed by atoms with Crippen molar-refractivity contribution in [1.82, 2.24) is 4.90 Å². The molecule has 0 saturated carbocycles. The van der Waals surface area contributed by atoms with E-state index in [4.69, 9.17) is 25.8 Å². The van der Waals surface area contributed by atoms with Gasteiger partial charge < -0.3 is 19.1 Å². The standard InChI is InChI=1S/C36H44ClNO5/c1-21-9-10-23(13-22(21)2)20-43-34-25(37)14-24(15-30(34)42-8)31-32-26(16-35(3,4)18-28(32)39)38(11-12-41-7)27-17-36(5,6)19-29(40)33(27)31/h9-10,13-15,31H,11-12,16-20H2,1-8H3. The lowest BCUT2D eigenvalue weighted by Crippen LogP contribution is -2.45. The average Bonchev–Trinajstić information content (AvgIpc) is 2.91. The van der Waals surface area contributed by atoms with Crippen LogP contribution in [0.5, 0.6) is 11.5 Å². The van der Waals surface area contributed by atoms with Crippen molar-refractivity contribution in [2.45, 2.75) is 79.8 Å². The summed E-state index contributed by atoms with van der Waals surface area (Å²) in [6.07, 6.45) is 2.32. The lowest BCUT2D eigenvalue weighted by Gasteiger charge is -2.49. The van der Waals surface area contributed by atoms with Crippen molar-refractivity contribution in [3.63, 3.8) is 0 Å². The lowest BCUT2D eigenvalue weighted by atomic mass is 9.63. The molecule has 0 saturated heterocycles. The first-order valence-corrected chi connectivity index (χ1v) is 15.5. The van der Waals surface area contributed by atoms with E-state index in [0.29, 0.717) is 60.3 Å². The minimum absolute atomic E-state index is 0.0769. The molecule has 2 aromatic carbocycles. The number of ether oxygens (including phenoxy) is 3. The monoisotopic (exact) mass is 605 g/mol. The molecule has 0 bridgehead atoms. The van der Waals surface area contributed by atoms with Gasteiger partial charge in [0.2, 0.25) is 0 Å². The van der Waals surface area contributed by atoms with Gasteiger partial charge in [0, 0.05) is 55.0 Å². The van der Waals surface area contributed by atoms with Crippen LogP contribution in [0.1, 0.15) is 81.5 Å². The van der Waals surface area contributed by atoms with Crippen LogP contribution in [-0.2, 0) is 20.9 Å². The molecule has 0 spiro atoms. The number of hydrogen-bond acceptors (Lipinski definition) is 6. The number of carbonyl (C=O) groups excluding carboxylic acids is 2. The van der Waals surface area contributed by atoms with Crippen molar-refractivity contribution in [2.75, 3.05) is 27.4 Å². The zero-order valence-corrected chi connectivity index (χ0v) is 27.5. The van der Waals surface area contributed by atoms with Gasteiger partial charge in [-0.3, -0.25) is 9.59 Å². The minimum Gasteiger partial charge on any atom is -0.493 e. The Hall–Kier alpha value is -3.09. The predicted molar refractivity (Wildman–Crippen MR) is 170 cm³/mol. The zero-order chi connectivity index (χ0) is 31.3. The second-order valence-electron chi connectivity index (χ2n) is 13.9. The van der Waals surface area contributed by atoms with Crippen LogP contribution >= 0.6 is 11.6 Å². The van der Waals surface area contributed by atoms with E-state index in [1.165, 1.54) is 11.1 Å². The molecular weight excluding hydrogens is 562 g/mol. The topological polar surface area (TPSA) is 65.1 Å². The molecule has 0 fully saturated rings. The molecule has 43 heavy (non-hydrogen) atoms. The number of ketones is 2. The first-order chi connectivity index (χ1) is 20.2. The Morgan fingerprint density at radius 1 is 0.860 bits per heavy atom. The Bertz CT molecular complexity index is 1480. The highest BCUT2D eigenvalue weighted by atomic mass is 35.5. The molecule has 2 aliphatic carbocycles.